The van der Waals surface area contributed by atoms with Gasteiger partial charge in [0.1, 0.15) is 5.82 Å². The highest BCUT2D eigenvalue weighted by Gasteiger charge is 2.33. The number of hydrogen-bond donors (Lipinski definition) is 3. The molecule has 0 spiro atoms. The smallest absolute Gasteiger partial charge is 0.121 e. The third kappa shape index (κ3) is 3.40. The molecule has 7 heteroatoms. The summed E-state index contributed by atoms with van der Waals surface area (Å²) in [7, 11) is 0. The molecule has 4 N–H and O–H groups in total. The molecule has 0 aliphatic heterocycles. The lowest BCUT2D eigenvalue weighted by Gasteiger charge is -2.38. The monoisotopic (exact) mass is 401 g/mol. The average molecular weight is 402 g/mol. The van der Waals surface area contributed by atoms with Crippen molar-refractivity contribution in [1.29, 1.82) is 0 Å². The minimum absolute atomic E-state index is 0.0703. The number of aromatic amines is 2. The Hall–Kier alpha value is -3.03. The molecule has 0 radical (unpaired) electrons. The second-order valence-corrected chi connectivity index (χ2v) is 7.98. The average Bonchev–Trinajstić information content (AvgIpc) is 3.43. The fraction of sp³-hybridized carbons (Fsp3) is 0.348. The number of nitrogens with zero attached hydrogens (tertiary/aromatic N) is 4. The Bertz CT molecular complexity index is 1110. The Morgan fingerprint density at radius 3 is 2.97 bits per heavy atom. The lowest BCUT2D eigenvalue weighted by atomic mass is 9.89. The van der Waals surface area contributed by atoms with Gasteiger partial charge in [-0.3, -0.25) is 9.88 Å². The van der Waals surface area contributed by atoms with E-state index in [-0.39, 0.29) is 12.1 Å². The van der Waals surface area contributed by atoms with Gasteiger partial charge in [-0.05, 0) is 49.9 Å². The van der Waals surface area contributed by atoms with Crippen molar-refractivity contribution in [1.82, 2.24) is 29.8 Å². The van der Waals surface area contributed by atoms with Crippen molar-refractivity contribution in [3.05, 3.63) is 77.4 Å². The van der Waals surface area contributed by atoms with Gasteiger partial charge in [0, 0.05) is 12.7 Å². The van der Waals surface area contributed by atoms with Crippen LogP contribution < -0.4 is 5.73 Å². The second kappa shape index (κ2) is 8.01. The summed E-state index contributed by atoms with van der Waals surface area (Å²) in [5.74, 6) is 0.955. The molecule has 4 aromatic rings. The summed E-state index contributed by atoms with van der Waals surface area (Å²) in [6.07, 6.45) is 6.94. The molecule has 2 atom stereocenters. The van der Waals surface area contributed by atoms with Crippen molar-refractivity contribution in [3.8, 4) is 0 Å². The van der Waals surface area contributed by atoms with E-state index in [9.17, 15) is 0 Å². The van der Waals surface area contributed by atoms with Gasteiger partial charge in [-0.15, -0.1) is 0 Å². The van der Waals surface area contributed by atoms with E-state index in [0.717, 1.165) is 47.5 Å². The highest BCUT2D eigenvalue weighted by atomic mass is 15.2. The summed E-state index contributed by atoms with van der Waals surface area (Å²) in [5.41, 5.74) is 12.5. The number of fused-ring (bicyclic) bond motifs is 2. The van der Waals surface area contributed by atoms with E-state index in [2.05, 4.69) is 38.9 Å². The van der Waals surface area contributed by atoms with Gasteiger partial charge in [0.2, 0.25) is 0 Å². The lowest BCUT2D eigenvalue weighted by molar-refractivity contribution is 0.110. The van der Waals surface area contributed by atoms with E-state index >= 15 is 0 Å². The minimum Gasteiger partial charge on any atom is -0.347 e. The van der Waals surface area contributed by atoms with Crippen LogP contribution in [0.1, 0.15) is 60.3 Å². The predicted molar refractivity (Wildman–Crippen MR) is 116 cm³/mol. The quantitative estimate of drug-likeness (QED) is 0.457. The van der Waals surface area contributed by atoms with Crippen molar-refractivity contribution in [2.45, 2.75) is 51.4 Å². The highest BCUT2D eigenvalue weighted by Crippen LogP contribution is 2.38. The summed E-state index contributed by atoms with van der Waals surface area (Å²) in [5, 5.41) is 0. The van der Waals surface area contributed by atoms with Crippen LogP contribution in [0, 0.1) is 0 Å². The van der Waals surface area contributed by atoms with Crippen molar-refractivity contribution in [2.24, 2.45) is 5.73 Å². The molecule has 0 saturated heterocycles. The number of imidazole rings is 2. The van der Waals surface area contributed by atoms with Crippen LogP contribution in [0.3, 0.4) is 0 Å². The van der Waals surface area contributed by atoms with Gasteiger partial charge >= 0.3 is 0 Å². The van der Waals surface area contributed by atoms with Gasteiger partial charge in [0.15, 0.2) is 0 Å². The number of para-hydroxylation sites is 2. The zero-order chi connectivity index (χ0) is 20.5. The van der Waals surface area contributed by atoms with E-state index < -0.39 is 0 Å². The Labute approximate surface area is 175 Å². The van der Waals surface area contributed by atoms with Crippen LogP contribution in [-0.2, 0) is 19.5 Å². The van der Waals surface area contributed by atoms with Crippen molar-refractivity contribution in [2.75, 3.05) is 0 Å². The zero-order valence-electron chi connectivity index (χ0n) is 17.2. The number of aryl methyl sites for hydroxylation is 1. The maximum absolute atomic E-state index is 5.97. The number of benzene rings is 1. The van der Waals surface area contributed by atoms with Gasteiger partial charge in [-0.1, -0.05) is 18.2 Å². The Kier molecular flexibility index (Phi) is 5.06. The number of hydrogen-bond acceptors (Lipinski definition) is 5. The highest BCUT2D eigenvalue weighted by molar-refractivity contribution is 5.74. The van der Waals surface area contributed by atoms with Crippen LogP contribution in [-0.4, -0.2) is 29.8 Å². The lowest BCUT2D eigenvalue weighted by Crippen LogP contribution is -2.35. The molecule has 7 nitrogen and oxygen atoms in total. The maximum Gasteiger partial charge on any atom is 0.121 e. The number of nitrogens with one attached hydrogen (secondary N) is 2. The third-order valence-electron chi connectivity index (χ3n) is 6.19. The Balaban J connectivity index is 1.55. The van der Waals surface area contributed by atoms with E-state index in [1.807, 2.05) is 30.5 Å². The molecule has 3 aromatic heterocycles. The first-order valence-electron chi connectivity index (χ1n) is 10.6. The van der Waals surface area contributed by atoms with Crippen LogP contribution in [0.15, 0.2) is 48.9 Å². The fourth-order valence-electron chi connectivity index (χ4n) is 4.69. The van der Waals surface area contributed by atoms with Crippen LogP contribution in [0.2, 0.25) is 0 Å². The Morgan fingerprint density at radius 2 is 2.10 bits per heavy atom. The van der Waals surface area contributed by atoms with Crippen molar-refractivity contribution < 1.29 is 0 Å². The van der Waals surface area contributed by atoms with Gasteiger partial charge in [0.25, 0.3) is 0 Å². The zero-order valence-corrected chi connectivity index (χ0v) is 17.2. The summed E-state index contributed by atoms with van der Waals surface area (Å²) < 4.78 is 0. The molecule has 3 heterocycles. The first kappa shape index (κ1) is 19.0. The standard InChI is InChI=1S/C23H27N7/c1-15(22-19(12-24)26-14-27-22)30(13-21-28-17-8-2-3-9-18(17)29-21)20-10-4-6-16-7-5-11-25-23(16)20/h2-3,5,7-9,11,14-15,20H,4,6,10,12-13,24H2,1H3,(H,26,27)(H,28,29). The molecule has 0 amide bonds. The van der Waals surface area contributed by atoms with Gasteiger partial charge in [-0.25, -0.2) is 9.97 Å². The summed E-state index contributed by atoms with van der Waals surface area (Å²) in [6, 6.07) is 12.7. The first-order chi connectivity index (χ1) is 14.7. The molecule has 0 saturated carbocycles. The number of pyridine rings is 1. The second-order valence-electron chi connectivity index (χ2n) is 7.98. The maximum atomic E-state index is 5.97. The first-order valence-corrected chi connectivity index (χ1v) is 10.6. The summed E-state index contributed by atoms with van der Waals surface area (Å²) in [6.45, 7) is 3.33. The van der Waals surface area contributed by atoms with Gasteiger partial charge in [0.05, 0.1) is 53.1 Å². The predicted octanol–water partition coefficient (Wildman–Crippen LogP) is 3.78. The molecule has 1 aromatic carbocycles. The normalized spacial score (nSPS) is 17.4. The topological polar surface area (TPSA) is 99.5 Å². The van der Waals surface area contributed by atoms with Crippen LogP contribution in [0.25, 0.3) is 11.0 Å². The van der Waals surface area contributed by atoms with Crippen LogP contribution in [0.4, 0.5) is 0 Å². The van der Waals surface area contributed by atoms with E-state index in [0.29, 0.717) is 13.1 Å². The number of rotatable bonds is 6. The van der Waals surface area contributed by atoms with Gasteiger partial charge in [-0.2, -0.15) is 0 Å². The SMILES string of the molecule is CC(c1nc[nH]c1CN)N(Cc1nc2ccccc2[nH]1)C1CCCc2cccnc21. The van der Waals surface area contributed by atoms with E-state index in [4.69, 9.17) is 15.7 Å². The van der Waals surface area contributed by atoms with Crippen molar-refractivity contribution in [3.63, 3.8) is 0 Å². The molecule has 1 aliphatic rings. The number of H-pyrrole nitrogens is 2. The molecule has 0 fully saturated rings. The van der Waals surface area contributed by atoms with Crippen molar-refractivity contribution >= 4 is 11.0 Å². The Morgan fingerprint density at radius 1 is 1.20 bits per heavy atom. The summed E-state index contributed by atoms with van der Waals surface area (Å²) >= 11 is 0. The van der Waals surface area contributed by atoms with Gasteiger partial charge < -0.3 is 15.7 Å². The third-order valence-corrected chi connectivity index (χ3v) is 6.19. The van der Waals surface area contributed by atoms with Crippen LogP contribution in [0.5, 0.6) is 0 Å². The molecule has 154 valence electrons. The molecular formula is C23H27N7. The largest absolute Gasteiger partial charge is 0.347 e. The molecule has 2 unspecified atom stereocenters. The van der Waals surface area contributed by atoms with E-state index in [1.54, 1.807) is 6.33 Å². The molecule has 1 aliphatic carbocycles. The molecular weight excluding hydrogens is 374 g/mol. The molecule has 30 heavy (non-hydrogen) atoms. The molecule has 5 rings (SSSR count). The fourth-order valence-corrected chi connectivity index (χ4v) is 4.69. The van der Waals surface area contributed by atoms with Crippen LogP contribution >= 0.6 is 0 Å². The molecule has 0 bridgehead atoms. The summed E-state index contributed by atoms with van der Waals surface area (Å²) in [4.78, 5) is 23.4. The number of aromatic nitrogens is 5. The minimum atomic E-state index is 0.0703. The number of nitrogens with two attached hydrogens (primary N) is 1. The van der Waals surface area contributed by atoms with E-state index in [1.165, 1.54) is 11.3 Å².